The zero-order chi connectivity index (χ0) is 34.3. The van der Waals surface area contributed by atoms with E-state index in [1.54, 1.807) is 76.2 Å². The Hall–Kier alpha value is -5.06. The van der Waals surface area contributed by atoms with Gasteiger partial charge in [-0.25, -0.2) is 4.79 Å². The monoisotopic (exact) mass is 660 g/mol. The van der Waals surface area contributed by atoms with Crippen molar-refractivity contribution >= 4 is 34.7 Å². The average Bonchev–Trinajstić information content (AvgIpc) is 3.30. The van der Waals surface area contributed by atoms with Gasteiger partial charge in [-0.2, -0.15) is 0 Å². The Bertz CT molecular complexity index is 1850. The van der Waals surface area contributed by atoms with E-state index >= 15 is 0 Å². The van der Waals surface area contributed by atoms with E-state index in [1.807, 2.05) is 0 Å². The number of carbonyl (C=O) groups is 3. The van der Waals surface area contributed by atoms with E-state index in [9.17, 15) is 34.8 Å². The zero-order valence-corrected chi connectivity index (χ0v) is 26.8. The highest BCUT2D eigenvalue weighted by Crippen LogP contribution is 2.50. The fourth-order valence-electron chi connectivity index (χ4n) is 5.39. The minimum atomic E-state index is -1.33. The first-order valence-electron chi connectivity index (χ1n) is 14.7. The van der Waals surface area contributed by atoms with Crippen molar-refractivity contribution in [1.29, 1.82) is 0 Å². The van der Waals surface area contributed by atoms with Crippen LogP contribution in [0.1, 0.15) is 54.7 Å². The number of hydrogen-bond acceptors (Lipinski definition) is 10. The zero-order valence-electron chi connectivity index (χ0n) is 26.0. The average molecular weight is 661 g/mol. The van der Waals surface area contributed by atoms with Gasteiger partial charge in [0.15, 0.2) is 28.6 Å². The van der Waals surface area contributed by atoms with E-state index in [2.05, 4.69) is 0 Å². The first-order chi connectivity index (χ1) is 22.1. The molecular formula is C36H33ClO10. The van der Waals surface area contributed by atoms with E-state index in [4.69, 9.17) is 25.8 Å². The van der Waals surface area contributed by atoms with Crippen LogP contribution >= 0.6 is 11.6 Å². The normalized spacial score (nSPS) is 18.1. The van der Waals surface area contributed by atoms with Crippen molar-refractivity contribution in [3.63, 3.8) is 0 Å². The lowest BCUT2D eigenvalue weighted by Crippen LogP contribution is -2.40. The molecule has 1 atom stereocenters. The third-order valence-electron chi connectivity index (χ3n) is 7.67. The highest BCUT2D eigenvalue weighted by molar-refractivity contribution is 6.30. The summed E-state index contributed by atoms with van der Waals surface area (Å²) < 4.78 is 16.3. The van der Waals surface area contributed by atoms with Gasteiger partial charge in [0.25, 0.3) is 0 Å². The minimum Gasteiger partial charge on any atom is -0.504 e. The Balaban J connectivity index is 0.000000185. The molecule has 0 saturated heterocycles. The molecule has 1 aliphatic heterocycles. The molecule has 0 fully saturated rings. The Morgan fingerprint density at radius 3 is 2.15 bits per heavy atom. The lowest BCUT2D eigenvalue weighted by atomic mass is 9.85. The smallest absolute Gasteiger partial charge is 0.350 e. The molecule has 244 valence electrons. The minimum absolute atomic E-state index is 0.0348. The first-order valence-corrected chi connectivity index (χ1v) is 15.1. The molecule has 1 heterocycles. The van der Waals surface area contributed by atoms with Gasteiger partial charge >= 0.3 is 5.97 Å². The molecule has 4 N–H and O–H groups in total. The molecule has 0 radical (unpaired) electrons. The van der Waals surface area contributed by atoms with Gasteiger partial charge in [0.2, 0.25) is 11.5 Å². The van der Waals surface area contributed by atoms with Crippen LogP contribution in [0.4, 0.5) is 0 Å². The summed E-state index contributed by atoms with van der Waals surface area (Å²) in [6, 6.07) is 16.1. The van der Waals surface area contributed by atoms with Crippen LogP contribution < -0.4 is 4.74 Å². The number of halogens is 1. The molecule has 0 amide bonds. The molecule has 10 nitrogen and oxygen atoms in total. The third-order valence-corrected chi connectivity index (χ3v) is 7.92. The van der Waals surface area contributed by atoms with Crippen LogP contribution in [0.15, 0.2) is 89.9 Å². The summed E-state index contributed by atoms with van der Waals surface area (Å²) in [6.07, 6.45) is 2.68. The summed E-state index contributed by atoms with van der Waals surface area (Å²) in [7, 11) is 0. The van der Waals surface area contributed by atoms with Crippen LogP contribution in [0.5, 0.6) is 17.2 Å². The topological polar surface area (TPSA) is 160 Å². The molecule has 3 aromatic carbocycles. The number of rotatable bonds is 6. The van der Waals surface area contributed by atoms with Gasteiger partial charge in [-0.05, 0) is 112 Å². The number of ether oxygens (including phenoxy) is 3. The molecule has 47 heavy (non-hydrogen) atoms. The molecule has 6 rings (SSSR count). The maximum Gasteiger partial charge on any atom is 0.350 e. The number of aliphatic hydroxyl groups is 2. The van der Waals surface area contributed by atoms with Gasteiger partial charge in [0, 0.05) is 33.7 Å². The van der Waals surface area contributed by atoms with Gasteiger partial charge in [0.05, 0.1) is 6.10 Å². The van der Waals surface area contributed by atoms with Crippen molar-refractivity contribution in [2.24, 2.45) is 0 Å². The first kappa shape index (κ1) is 33.3. The van der Waals surface area contributed by atoms with Gasteiger partial charge in [-0.3, -0.25) is 9.59 Å². The number of aromatic hydroxyl groups is 2. The number of ketones is 2. The summed E-state index contributed by atoms with van der Waals surface area (Å²) in [6.45, 7) is 6.73. The van der Waals surface area contributed by atoms with Crippen LogP contribution in [-0.2, 0) is 25.5 Å². The van der Waals surface area contributed by atoms with Gasteiger partial charge in [0.1, 0.15) is 18.0 Å². The van der Waals surface area contributed by atoms with Gasteiger partial charge < -0.3 is 34.6 Å². The number of esters is 1. The molecule has 2 aliphatic carbocycles. The Kier molecular flexibility index (Phi) is 8.94. The van der Waals surface area contributed by atoms with Crippen molar-refractivity contribution < 1.29 is 49.0 Å². The van der Waals surface area contributed by atoms with Gasteiger partial charge in [-0.15, -0.1) is 0 Å². The number of hydrogen-bond donors (Lipinski definition) is 4. The maximum atomic E-state index is 12.4. The molecule has 0 spiro atoms. The largest absolute Gasteiger partial charge is 0.504 e. The molecule has 3 aliphatic rings. The van der Waals surface area contributed by atoms with E-state index < -0.39 is 28.7 Å². The lowest BCUT2D eigenvalue weighted by Gasteiger charge is -2.33. The summed E-state index contributed by atoms with van der Waals surface area (Å²) >= 11 is 5.84. The van der Waals surface area contributed by atoms with Gasteiger partial charge in [-0.1, -0.05) is 11.6 Å². The second kappa shape index (κ2) is 12.6. The maximum absolute atomic E-state index is 12.4. The number of aliphatic hydroxyl groups excluding tert-OH is 1. The second-order valence-electron chi connectivity index (χ2n) is 12.1. The van der Waals surface area contributed by atoms with Crippen molar-refractivity contribution in [2.45, 2.75) is 51.4 Å². The van der Waals surface area contributed by atoms with Crippen LogP contribution in [0.3, 0.4) is 0 Å². The second-order valence-corrected chi connectivity index (χ2v) is 12.5. The number of fused-ring (bicyclic) bond motifs is 4. The standard InChI is InChI=1S/C20H21ClO4.C16H12O6/c1-13(2)24-19(23)20(3,4)25-17-11-7-15(8-12-17)18(22)14-5-9-16(21)10-6-14;17-10-2-1-8-13-9-4-12(19)11(18)3-7(9)5-16(13,21)6-22-15(8)14(10)20/h5-13H,1-4H3;1-4,18-21H,5-6H2. The van der Waals surface area contributed by atoms with Crippen molar-refractivity contribution in [3.8, 4) is 17.2 Å². The lowest BCUT2D eigenvalue weighted by molar-refractivity contribution is -0.163. The summed E-state index contributed by atoms with van der Waals surface area (Å²) in [5, 5.41) is 40.6. The molecule has 0 aromatic heterocycles. The van der Waals surface area contributed by atoms with Crippen LogP contribution in [-0.4, -0.2) is 61.9 Å². The Labute approximate surface area is 275 Å². The SMILES string of the molecule is CC(C)OC(=O)C(C)(C)Oc1ccc(C(=O)c2ccc(Cl)cc2)cc1.O=C1C=CC2=C3c4cc(O)c(O)cc4CC3(O)COC2=C1O. The fourth-order valence-corrected chi connectivity index (χ4v) is 5.52. The van der Waals surface area contributed by atoms with Crippen LogP contribution in [0.25, 0.3) is 5.57 Å². The number of allylic oxidation sites excluding steroid dienone is 2. The molecule has 0 bridgehead atoms. The van der Waals surface area contributed by atoms with E-state index in [0.717, 1.165) is 0 Å². The Morgan fingerprint density at radius 2 is 1.53 bits per heavy atom. The third kappa shape index (κ3) is 6.74. The predicted molar refractivity (Wildman–Crippen MR) is 172 cm³/mol. The predicted octanol–water partition coefficient (Wildman–Crippen LogP) is 5.76. The molecular weight excluding hydrogens is 628 g/mol. The van der Waals surface area contributed by atoms with Crippen molar-refractivity contribution in [2.75, 3.05) is 6.61 Å². The molecule has 1 unspecified atom stereocenters. The number of phenols is 2. The quantitative estimate of drug-likeness (QED) is 0.145. The van der Waals surface area contributed by atoms with Crippen LogP contribution in [0, 0.1) is 0 Å². The number of benzene rings is 3. The van der Waals surface area contributed by atoms with E-state index in [-0.39, 0.29) is 42.2 Å². The number of phenolic OH excluding ortho intramolecular Hbond substituents is 2. The summed E-state index contributed by atoms with van der Waals surface area (Å²) in [5.74, 6) is -1.65. The molecule has 0 saturated carbocycles. The summed E-state index contributed by atoms with van der Waals surface area (Å²) in [4.78, 5) is 36.0. The van der Waals surface area contributed by atoms with Crippen LogP contribution in [0.2, 0.25) is 5.02 Å². The highest BCUT2D eigenvalue weighted by Gasteiger charge is 2.48. The van der Waals surface area contributed by atoms with Crippen molar-refractivity contribution in [1.82, 2.24) is 0 Å². The van der Waals surface area contributed by atoms with E-state index in [0.29, 0.717) is 44.2 Å². The van der Waals surface area contributed by atoms with Crippen molar-refractivity contribution in [3.05, 3.63) is 117 Å². The molecule has 11 heteroatoms. The highest BCUT2D eigenvalue weighted by atomic mass is 35.5. The van der Waals surface area contributed by atoms with E-state index in [1.165, 1.54) is 24.3 Å². The summed E-state index contributed by atoms with van der Waals surface area (Å²) in [5.41, 5.74) is 0.758. The Morgan fingerprint density at radius 1 is 0.936 bits per heavy atom. The fraction of sp³-hybridized carbons (Fsp3) is 0.250. The number of carbonyl (C=O) groups excluding carboxylic acids is 3. The molecule has 3 aromatic rings.